The maximum absolute atomic E-state index is 5.71. The molecule has 0 aliphatic heterocycles. The number of rotatable bonds is 3. The highest BCUT2D eigenvalue weighted by molar-refractivity contribution is 5.88. The monoisotopic (exact) mass is 243 g/mol. The minimum atomic E-state index is 0.216. The first-order chi connectivity index (χ1) is 8.79. The van der Waals surface area contributed by atoms with Crippen LogP contribution in [-0.4, -0.2) is 29.7 Å². The van der Waals surface area contributed by atoms with Crippen molar-refractivity contribution in [3.8, 4) is 11.5 Å². The zero-order valence-electron chi connectivity index (χ0n) is 9.96. The maximum atomic E-state index is 5.71. The number of anilines is 1. The molecule has 0 radical (unpaired) electrons. The predicted molar refractivity (Wildman–Crippen MR) is 67.6 cm³/mol. The fraction of sp³-hybridized carbons (Fsp3) is 0.273. The Morgan fingerprint density at radius 2 is 2.28 bits per heavy atom. The minimum Gasteiger partial charge on any atom is -0.368 e. The molecule has 7 heteroatoms. The number of H-pyrrole nitrogens is 1. The van der Waals surface area contributed by atoms with E-state index in [9.17, 15) is 0 Å². The van der Waals surface area contributed by atoms with Crippen molar-refractivity contribution in [3.05, 3.63) is 18.6 Å². The van der Waals surface area contributed by atoms with E-state index in [0.717, 1.165) is 24.2 Å². The van der Waals surface area contributed by atoms with Gasteiger partial charge in [-0.2, -0.15) is 10.1 Å². The summed E-state index contributed by atoms with van der Waals surface area (Å²) < 4.78 is 2.05. The van der Waals surface area contributed by atoms with E-state index in [2.05, 4.69) is 32.1 Å². The summed E-state index contributed by atoms with van der Waals surface area (Å²) in [7, 11) is 0. The number of fused-ring (bicyclic) bond motifs is 1. The van der Waals surface area contributed by atoms with Crippen LogP contribution < -0.4 is 5.73 Å². The summed E-state index contributed by atoms with van der Waals surface area (Å²) >= 11 is 0. The molecule has 0 atom stereocenters. The second-order valence-corrected chi connectivity index (χ2v) is 4.01. The molecule has 0 saturated carbocycles. The van der Waals surface area contributed by atoms with E-state index in [-0.39, 0.29) is 5.95 Å². The molecule has 0 saturated heterocycles. The van der Waals surface area contributed by atoms with Gasteiger partial charge in [-0.1, -0.05) is 6.92 Å². The van der Waals surface area contributed by atoms with Crippen LogP contribution in [0, 0.1) is 0 Å². The van der Waals surface area contributed by atoms with Crippen LogP contribution in [0.4, 0.5) is 5.95 Å². The van der Waals surface area contributed by atoms with Crippen LogP contribution in [0.5, 0.6) is 0 Å². The van der Waals surface area contributed by atoms with Crippen molar-refractivity contribution in [2.75, 3.05) is 5.73 Å². The van der Waals surface area contributed by atoms with E-state index in [1.807, 2.05) is 10.8 Å². The molecule has 0 amide bonds. The SMILES string of the molecule is CCCn1ccnc1-c1nc(N)nc2[nH]ncc12. The molecule has 0 aromatic carbocycles. The third kappa shape index (κ3) is 1.60. The number of nitrogens with one attached hydrogen (secondary N) is 1. The van der Waals surface area contributed by atoms with Gasteiger partial charge >= 0.3 is 0 Å². The van der Waals surface area contributed by atoms with Crippen LogP contribution in [0.25, 0.3) is 22.6 Å². The average Bonchev–Trinajstić information content (AvgIpc) is 2.96. The van der Waals surface area contributed by atoms with Gasteiger partial charge < -0.3 is 10.3 Å². The van der Waals surface area contributed by atoms with Crippen molar-refractivity contribution >= 4 is 17.0 Å². The number of aromatic nitrogens is 6. The molecule has 18 heavy (non-hydrogen) atoms. The number of aryl methyl sites for hydroxylation is 1. The van der Waals surface area contributed by atoms with Gasteiger partial charge in [-0.15, -0.1) is 0 Å². The van der Waals surface area contributed by atoms with Gasteiger partial charge in [-0.3, -0.25) is 5.10 Å². The fourth-order valence-electron chi connectivity index (χ4n) is 1.97. The van der Waals surface area contributed by atoms with Crippen molar-refractivity contribution < 1.29 is 0 Å². The highest BCUT2D eigenvalue weighted by Crippen LogP contribution is 2.24. The lowest BCUT2D eigenvalue weighted by atomic mass is 10.2. The Bertz CT molecular complexity index is 682. The molecule has 0 fully saturated rings. The number of hydrogen-bond donors (Lipinski definition) is 2. The zero-order valence-corrected chi connectivity index (χ0v) is 9.96. The van der Waals surface area contributed by atoms with Gasteiger partial charge in [0.15, 0.2) is 11.5 Å². The summed E-state index contributed by atoms with van der Waals surface area (Å²) in [6.45, 7) is 3.00. The summed E-state index contributed by atoms with van der Waals surface area (Å²) in [6, 6.07) is 0. The van der Waals surface area contributed by atoms with Crippen LogP contribution in [0.2, 0.25) is 0 Å². The van der Waals surface area contributed by atoms with Crippen LogP contribution >= 0.6 is 0 Å². The molecule has 3 heterocycles. The van der Waals surface area contributed by atoms with Gasteiger partial charge in [0.25, 0.3) is 0 Å². The van der Waals surface area contributed by atoms with Gasteiger partial charge in [0, 0.05) is 18.9 Å². The lowest BCUT2D eigenvalue weighted by molar-refractivity contribution is 0.684. The number of imidazole rings is 1. The molecule has 3 N–H and O–H groups in total. The number of nitrogen functional groups attached to an aromatic ring is 1. The molecule has 92 valence electrons. The smallest absolute Gasteiger partial charge is 0.222 e. The Hall–Kier alpha value is -2.44. The molecular weight excluding hydrogens is 230 g/mol. The zero-order chi connectivity index (χ0) is 12.5. The molecule has 0 bridgehead atoms. The number of nitrogens with two attached hydrogens (primary N) is 1. The topological polar surface area (TPSA) is 98.3 Å². The summed E-state index contributed by atoms with van der Waals surface area (Å²) in [4.78, 5) is 12.7. The summed E-state index contributed by atoms with van der Waals surface area (Å²) in [6.07, 6.45) is 6.41. The van der Waals surface area contributed by atoms with Gasteiger partial charge in [-0.05, 0) is 6.42 Å². The minimum absolute atomic E-state index is 0.216. The van der Waals surface area contributed by atoms with E-state index in [4.69, 9.17) is 5.73 Å². The third-order valence-electron chi connectivity index (χ3n) is 2.72. The Morgan fingerprint density at radius 3 is 3.11 bits per heavy atom. The summed E-state index contributed by atoms with van der Waals surface area (Å²) in [5, 5.41) is 7.59. The summed E-state index contributed by atoms with van der Waals surface area (Å²) in [5.74, 6) is 1.00. The van der Waals surface area contributed by atoms with Crippen LogP contribution in [-0.2, 0) is 6.54 Å². The van der Waals surface area contributed by atoms with Crippen molar-refractivity contribution in [1.82, 2.24) is 29.7 Å². The number of hydrogen-bond acceptors (Lipinski definition) is 5. The predicted octanol–water partition coefficient (Wildman–Crippen LogP) is 1.21. The molecule has 3 aromatic heterocycles. The lowest BCUT2D eigenvalue weighted by Gasteiger charge is -2.06. The molecule has 0 spiro atoms. The second kappa shape index (κ2) is 4.10. The van der Waals surface area contributed by atoms with E-state index >= 15 is 0 Å². The van der Waals surface area contributed by atoms with E-state index < -0.39 is 0 Å². The van der Waals surface area contributed by atoms with Crippen molar-refractivity contribution in [2.24, 2.45) is 0 Å². The van der Waals surface area contributed by atoms with Crippen molar-refractivity contribution in [3.63, 3.8) is 0 Å². The largest absolute Gasteiger partial charge is 0.368 e. The quantitative estimate of drug-likeness (QED) is 0.720. The van der Waals surface area contributed by atoms with Crippen LogP contribution in [0.15, 0.2) is 18.6 Å². The molecule has 0 aliphatic rings. The molecule has 0 aliphatic carbocycles. The first-order valence-corrected chi connectivity index (χ1v) is 5.77. The molecule has 7 nitrogen and oxygen atoms in total. The maximum Gasteiger partial charge on any atom is 0.222 e. The number of aromatic amines is 1. The van der Waals surface area contributed by atoms with E-state index in [1.54, 1.807) is 12.4 Å². The Kier molecular flexibility index (Phi) is 2.44. The van der Waals surface area contributed by atoms with Crippen molar-refractivity contribution in [2.45, 2.75) is 19.9 Å². The average molecular weight is 243 g/mol. The van der Waals surface area contributed by atoms with Crippen LogP contribution in [0.3, 0.4) is 0 Å². The molecule has 3 aromatic rings. The van der Waals surface area contributed by atoms with Crippen molar-refractivity contribution in [1.29, 1.82) is 0 Å². The van der Waals surface area contributed by atoms with Gasteiger partial charge in [0.1, 0.15) is 5.69 Å². The fourth-order valence-corrected chi connectivity index (χ4v) is 1.97. The van der Waals surface area contributed by atoms with Gasteiger partial charge in [0.05, 0.1) is 11.6 Å². The first kappa shape index (κ1) is 10.7. The summed E-state index contributed by atoms with van der Waals surface area (Å²) in [5.41, 5.74) is 7.05. The first-order valence-electron chi connectivity index (χ1n) is 5.77. The number of nitrogens with zero attached hydrogens (tertiary/aromatic N) is 5. The van der Waals surface area contributed by atoms with Crippen LogP contribution in [0.1, 0.15) is 13.3 Å². The molecule has 3 rings (SSSR count). The second-order valence-electron chi connectivity index (χ2n) is 4.01. The van der Waals surface area contributed by atoms with Gasteiger partial charge in [-0.25, -0.2) is 9.97 Å². The Morgan fingerprint density at radius 1 is 1.39 bits per heavy atom. The normalized spacial score (nSPS) is 11.2. The highest BCUT2D eigenvalue weighted by atomic mass is 15.2. The third-order valence-corrected chi connectivity index (χ3v) is 2.72. The Balaban J connectivity index is 2.24. The Labute approximate surface area is 103 Å². The standard InChI is InChI=1S/C11H13N7/c1-2-4-18-5-3-13-10(18)8-7-6-14-17-9(7)16-11(12)15-8/h3,5-6H,2,4H2,1H3,(H3,12,14,15,16,17). The van der Waals surface area contributed by atoms with E-state index in [0.29, 0.717) is 11.3 Å². The van der Waals surface area contributed by atoms with E-state index in [1.165, 1.54) is 0 Å². The van der Waals surface area contributed by atoms with Gasteiger partial charge in [0.2, 0.25) is 5.95 Å². The highest BCUT2D eigenvalue weighted by Gasteiger charge is 2.14. The molecular formula is C11H13N7. The lowest BCUT2D eigenvalue weighted by Crippen LogP contribution is -2.03. The molecule has 0 unspecified atom stereocenters.